The Morgan fingerprint density at radius 2 is 1.86 bits per heavy atom. The molecule has 8 nitrogen and oxygen atoms in total. The average molecular weight is 318 g/mol. The highest BCUT2D eigenvalue weighted by Gasteiger charge is 2.15. The van der Waals surface area contributed by atoms with Crippen LogP contribution in [0.1, 0.15) is 0 Å². The van der Waals surface area contributed by atoms with Crippen LogP contribution in [-0.4, -0.2) is 34.4 Å². The van der Waals surface area contributed by atoms with Gasteiger partial charge >= 0.3 is 0 Å². The van der Waals surface area contributed by atoms with Gasteiger partial charge in [0.2, 0.25) is 10.0 Å². The van der Waals surface area contributed by atoms with Gasteiger partial charge in [0.25, 0.3) is 0 Å². The Labute approximate surface area is 127 Å². The van der Waals surface area contributed by atoms with E-state index >= 15 is 0 Å². The molecular weight excluding hydrogens is 304 g/mol. The van der Waals surface area contributed by atoms with Crippen LogP contribution >= 0.6 is 0 Å². The van der Waals surface area contributed by atoms with Crippen molar-refractivity contribution in [2.45, 2.75) is 0 Å². The van der Waals surface area contributed by atoms with Crippen molar-refractivity contribution in [3.8, 4) is 11.3 Å². The number of benzene rings is 1. The lowest BCUT2D eigenvalue weighted by molar-refractivity contribution is 0.607. The Morgan fingerprint density at radius 1 is 1.18 bits per heavy atom. The summed E-state index contributed by atoms with van der Waals surface area (Å²) in [6.07, 6.45) is 2.49. The second-order valence-corrected chi connectivity index (χ2v) is 6.63. The molecule has 1 aromatic carbocycles. The molecule has 0 aliphatic heterocycles. The number of hydrogen-bond acceptors (Lipinski definition) is 6. The molecule has 0 atom stereocenters. The number of anilines is 2. The van der Waals surface area contributed by atoms with Crippen LogP contribution in [0.15, 0.2) is 30.6 Å². The number of aromatic nitrogens is 4. The standard InChI is InChI=1S/C13H14N6O2S/c1-19-13-10(12(14)15-7-16-13)11(17-19)8-3-5-9(6-4-8)18-22(2,20)21/h3-7,18H,1-2H3,(H2,14,15,16). The Bertz CT molecular complexity index is 947. The van der Waals surface area contributed by atoms with E-state index in [1.807, 2.05) is 0 Å². The fourth-order valence-electron chi connectivity index (χ4n) is 2.22. The van der Waals surface area contributed by atoms with Crippen LogP contribution in [0.3, 0.4) is 0 Å². The summed E-state index contributed by atoms with van der Waals surface area (Å²) in [5.41, 5.74) is 8.50. The quantitative estimate of drug-likeness (QED) is 0.744. The minimum Gasteiger partial charge on any atom is -0.383 e. The third kappa shape index (κ3) is 2.58. The number of nitrogens with one attached hydrogen (secondary N) is 1. The van der Waals surface area contributed by atoms with Gasteiger partial charge in [0.05, 0.1) is 11.6 Å². The summed E-state index contributed by atoms with van der Waals surface area (Å²) in [6, 6.07) is 6.86. The van der Waals surface area contributed by atoms with Crippen LogP contribution in [-0.2, 0) is 17.1 Å². The van der Waals surface area contributed by atoms with Gasteiger partial charge in [-0.3, -0.25) is 4.72 Å². The summed E-state index contributed by atoms with van der Waals surface area (Å²) in [5.74, 6) is 0.353. The highest BCUT2D eigenvalue weighted by Crippen LogP contribution is 2.30. The first kappa shape index (κ1) is 14.3. The molecule has 0 aliphatic rings. The average Bonchev–Trinajstić information content (AvgIpc) is 2.77. The molecule has 0 radical (unpaired) electrons. The van der Waals surface area contributed by atoms with E-state index < -0.39 is 10.0 Å². The first-order valence-corrected chi connectivity index (χ1v) is 8.26. The fraction of sp³-hybridized carbons (Fsp3) is 0.154. The molecule has 0 aliphatic carbocycles. The Balaban J connectivity index is 2.09. The highest BCUT2D eigenvalue weighted by molar-refractivity contribution is 7.92. The number of fused-ring (bicyclic) bond motifs is 1. The number of aryl methyl sites for hydroxylation is 1. The topological polar surface area (TPSA) is 116 Å². The molecule has 0 bridgehead atoms. The predicted octanol–water partition coefficient (Wildman–Crippen LogP) is 0.984. The van der Waals surface area contributed by atoms with Crippen molar-refractivity contribution < 1.29 is 8.42 Å². The van der Waals surface area contributed by atoms with Crippen molar-refractivity contribution in [2.75, 3.05) is 16.7 Å². The fourth-order valence-corrected chi connectivity index (χ4v) is 2.79. The number of nitrogens with zero attached hydrogens (tertiary/aromatic N) is 4. The lowest BCUT2D eigenvalue weighted by Gasteiger charge is -2.04. The first-order chi connectivity index (χ1) is 10.3. The monoisotopic (exact) mass is 318 g/mol. The van der Waals surface area contributed by atoms with Crippen molar-refractivity contribution in [1.82, 2.24) is 19.7 Å². The molecule has 22 heavy (non-hydrogen) atoms. The number of sulfonamides is 1. The lowest BCUT2D eigenvalue weighted by Crippen LogP contribution is -2.09. The summed E-state index contributed by atoms with van der Waals surface area (Å²) in [5, 5.41) is 5.10. The molecule has 3 N–H and O–H groups in total. The van der Waals surface area contributed by atoms with Crippen molar-refractivity contribution in [3.63, 3.8) is 0 Å². The molecule has 0 spiro atoms. The summed E-state index contributed by atoms with van der Waals surface area (Å²) < 4.78 is 26.5. The van der Waals surface area contributed by atoms with Gasteiger partial charge in [-0.2, -0.15) is 5.10 Å². The molecule has 3 aromatic rings. The van der Waals surface area contributed by atoms with E-state index in [-0.39, 0.29) is 0 Å². The first-order valence-electron chi connectivity index (χ1n) is 6.36. The van der Waals surface area contributed by atoms with Crippen LogP contribution < -0.4 is 10.5 Å². The Kier molecular flexibility index (Phi) is 3.21. The van der Waals surface area contributed by atoms with E-state index in [2.05, 4.69) is 19.8 Å². The van der Waals surface area contributed by atoms with Crippen molar-refractivity contribution in [1.29, 1.82) is 0 Å². The smallest absolute Gasteiger partial charge is 0.229 e. The zero-order chi connectivity index (χ0) is 15.9. The molecule has 0 saturated carbocycles. The van der Waals surface area contributed by atoms with Crippen molar-refractivity contribution in [3.05, 3.63) is 30.6 Å². The van der Waals surface area contributed by atoms with E-state index in [9.17, 15) is 8.42 Å². The molecule has 2 aromatic heterocycles. The number of rotatable bonds is 3. The van der Waals surface area contributed by atoms with E-state index in [0.717, 1.165) is 11.8 Å². The maximum absolute atomic E-state index is 11.2. The Hall–Kier alpha value is -2.68. The maximum Gasteiger partial charge on any atom is 0.229 e. The third-order valence-corrected chi connectivity index (χ3v) is 3.72. The van der Waals surface area contributed by atoms with Crippen LogP contribution in [0, 0.1) is 0 Å². The van der Waals surface area contributed by atoms with Gasteiger partial charge in [0.1, 0.15) is 17.8 Å². The van der Waals surface area contributed by atoms with Crippen LogP contribution in [0.25, 0.3) is 22.3 Å². The SMILES string of the molecule is Cn1nc(-c2ccc(NS(C)(=O)=O)cc2)c2c(N)ncnc21. The molecule has 2 heterocycles. The number of nitrogens with two attached hydrogens (primary N) is 1. The van der Waals surface area contributed by atoms with Gasteiger partial charge in [-0.25, -0.2) is 23.1 Å². The molecular formula is C13H14N6O2S. The van der Waals surface area contributed by atoms with Gasteiger partial charge in [-0.15, -0.1) is 0 Å². The van der Waals surface area contributed by atoms with E-state index in [0.29, 0.717) is 28.2 Å². The molecule has 0 amide bonds. The third-order valence-electron chi connectivity index (χ3n) is 3.11. The second kappa shape index (κ2) is 4.95. The van der Waals surface area contributed by atoms with Crippen LogP contribution in [0.4, 0.5) is 11.5 Å². The second-order valence-electron chi connectivity index (χ2n) is 4.88. The zero-order valence-electron chi connectivity index (χ0n) is 12.0. The number of hydrogen-bond donors (Lipinski definition) is 2. The van der Waals surface area contributed by atoms with E-state index in [4.69, 9.17) is 5.73 Å². The summed E-state index contributed by atoms with van der Waals surface area (Å²) >= 11 is 0. The van der Waals surface area contributed by atoms with Gasteiger partial charge in [-0.1, -0.05) is 12.1 Å². The molecule has 114 valence electrons. The van der Waals surface area contributed by atoms with Gasteiger partial charge in [-0.05, 0) is 12.1 Å². The zero-order valence-corrected chi connectivity index (χ0v) is 12.8. The van der Waals surface area contributed by atoms with E-state index in [1.165, 1.54) is 6.33 Å². The largest absolute Gasteiger partial charge is 0.383 e. The molecule has 0 unspecified atom stereocenters. The van der Waals surface area contributed by atoms with Gasteiger partial charge < -0.3 is 5.73 Å². The molecule has 9 heteroatoms. The van der Waals surface area contributed by atoms with E-state index in [1.54, 1.807) is 36.0 Å². The Morgan fingerprint density at radius 3 is 2.50 bits per heavy atom. The van der Waals surface area contributed by atoms with Crippen molar-refractivity contribution >= 4 is 32.6 Å². The molecule has 3 rings (SSSR count). The van der Waals surface area contributed by atoms with Crippen molar-refractivity contribution in [2.24, 2.45) is 7.05 Å². The predicted molar refractivity (Wildman–Crippen MR) is 84.6 cm³/mol. The highest BCUT2D eigenvalue weighted by atomic mass is 32.2. The lowest BCUT2D eigenvalue weighted by atomic mass is 10.1. The summed E-state index contributed by atoms with van der Waals surface area (Å²) in [4.78, 5) is 8.17. The van der Waals surface area contributed by atoms with Crippen LogP contribution in [0.2, 0.25) is 0 Å². The minimum atomic E-state index is -3.30. The normalized spacial score (nSPS) is 11.7. The summed E-state index contributed by atoms with van der Waals surface area (Å²) in [6.45, 7) is 0. The van der Waals surface area contributed by atoms with Gasteiger partial charge in [0.15, 0.2) is 5.65 Å². The molecule has 0 fully saturated rings. The van der Waals surface area contributed by atoms with Crippen LogP contribution in [0.5, 0.6) is 0 Å². The minimum absolute atomic E-state index is 0.353. The maximum atomic E-state index is 11.2. The molecule has 0 saturated heterocycles. The number of nitrogen functional groups attached to an aromatic ring is 1. The summed E-state index contributed by atoms with van der Waals surface area (Å²) in [7, 11) is -1.53. The van der Waals surface area contributed by atoms with Gasteiger partial charge in [0, 0.05) is 18.3 Å².